The Hall–Kier alpha value is -1.21. The smallest absolute Gasteiger partial charge is 0.0376 e. The van der Waals surface area contributed by atoms with Crippen LogP contribution in [0, 0.1) is 0 Å². The Morgan fingerprint density at radius 1 is 0.778 bits per heavy atom. The summed E-state index contributed by atoms with van der Waals surface area (Å²) in [5.74, 6) is 0. The summed E-state index contributed by atoms with van der Waals surface area (Å²) in [6.45, 7) is 15.2. The second-order valence-electron chi connectivity index (χ2n) is 10.6. The summed E-state index contributed by atoms with van der Waals surface area (Å²) in [6, 6.07) is 5.12. The van der Waals surface area contributed by atoms with Gasteiger partial charge >= 0.3 is 0 Å². The molecule has 1 aromatic rings. The summed E-state index contributed by atoms with van der Waals surface area (Å²) in [7, 11) is 0. The van der Waals surface area contributed by atoms with E-state index in [9.17, 15) is 0 Å². The molecule has 1 aliphatic rings. The second-order valence-corrected chi connectivity index (χ2v) is 11.7. The number of unbranched alkanes of at least 4 members (excludes halogenated alkanes) is 12. The minimum Gasteiger partial charge on any atom is -0.126 e. The maximum absolute atomic E-state index is 4.35. The Kier molecular flexibility index (Phi) is 19.9. The van der Waals surface area contributed by atoms with Crippen LogP contribution in [0.25, 0.3) is 5.57 Å². The van der Waals surface area contributed by atoms with Gasteiger partial charge in [0.25, 0.3) is 0 Å². The van der Waals surface area contributed by atoms with Gasteiger partial charge in [-0.15, -0.1) is 11.8 Å². The van der Waals surface area contributed by atoms with Crippen LogP contribution in [-0.4, -0.2) is 0 Å². The van der Waals surface area contributed by atoms with Crippen LogP contribution in [0.2, 0.25) is 0 Å². The van der Waals surface area contributed by atoms with Crippen molar-refractivity contribution in [1.82, 2.24) is 0 Å². The Morgan fingerprint density at radius 3 is 1.72 bits per heavy atom. The molecule has 0 unspecified atom stereocenters. The van der Waals surface area contributed by atoms with Gasteiger partial charge in [0.1, 0.15) is 0 Å². The average molecular weight is 511 g/mol. The molecule has 2 rings (SSSR count). The molecule has 0 saturated carbocycles. The van der Waals surface area contributed by atoms with Gasteiger partial charge in [-0.25, -0.2) is 0 Å². The second kappa shape index (κ2) is 21.8. The van der Waals surface area contributed by atoms with E-state index in [2.05, 4.69) is 51.0 Å². The van der Waals surface area contributed by atoms with Crippen LogP contribution in [-0.2, 0) is 12.8 Å². The van der Waals surface area contributed by atoms with Crippen molar-refractivity contribution < 1.29 is 0 Å². The highest BCUT2D eigenvalue weighted by atomic mass is 32.2. The summed E-state index contributed by atoms with van der Waals surface area (Å²) < 4.78 is 0. The predicted molar refractivity (Wildman–Crippen MR) is 169 cm³/mol. The third kappa shape index (κ3) is 13.9. The Bertz CT molecular complexity index is 742. The summed E-state index contributed by atoms with van der Waals surface area (Å²) in [5.41, 5.74) is 7.45. The van der Waals surface area contributed by atoms with Gasteiger partial charge in [0.05, 0.1) is 0 Å². The molecule has 1 atom stereocenters. The molecule has 0 spiro atoms. The summed E-state index contributed by atoms with van der Waals surface area (Å²) in [4.78, 5) is 0. The van der Waals surface area contributed by atoms with Crippen LogP contribution in [0.3, 0.4) is 0 Å². The lowest BCUT2D eigenvalue weighted by molar-refractivity contribution is 0.587. The molecule has 36 heavy (non-hydrogen) atoms. The standard InChI is InChI=1S/C31H50S.C4H8/c1-5-7-9-11-13-15-17-20-27-25-30(31-22-19-23-32-31)28(24-29(27)26(3)4)21-18-16-14-12-10-8-6-2;1-3-4-2/h19,23-25,31H,3,5-18,20-22H2,1-2,4H3;3-4H,1-2H3/b;4-3-/t31-;/m0./s1. The van der Waals surface area contributed by atoms with Crippen molar-refractivity contribution in [2.75, 3.05) is 0 Å². The topological polar surface area (TPSA) is 0 Å². The first-order chi connectivity index (χ1) is 17.6. The Balaban J connectivity index is 0.00000150. The molecule has 0 N–H and O–H groups in total. The predicted octanol–water partition coefficient (Wildman–Crippen LogP) is 12.6. The summed E-state index contributed by atoms with van der Waals surface area (Å²) in [5, 5.41) is 2.94. The quantitative estimate of drug-likeness (QED) is 0.140. The zero-order valence-electron chi connectivity index (χ0n) is 24.7. The first-order valence-corrected chi connectivity index (χ1v) is 16.2. The third-order valence-electron chi connectivity index (χ3n) is 7.29. The lowest BCUT2D eigenvalue weighted by atomic mass is 9.88. The number of allylic oxidation sites excluding steroid dienone is 4. The van der Waals surface area contributed by atoms with Crippen molar-refractivity contribution >= 4 is 17.3 Å². The zero-order chi connectivity index (χ0) is 26.4. The fraction of sp³-hybridized carbons (Fsp3) is 0.657. The van der Waals surface area contributed by atoms with Crippen molar-refractivity contribution in [2.45, 2.75) is 149 Å². The number of rotatable bonds is 18. The van der Waals surface area contributed by atoms with Crippen LogP contribution in [0.4, 0.5) is 0 Å². The van der Waals surface area contributed by atoms with Gasteiger partial charge in [-0.3, -0.25) is 0 Å². The van der Waals surface area contributed by atoms with Gasteiger partial charge in [-0.1, -0.05) is 133 Å². The Labute approximate surface area is 230 Å². The van der Waals surface area contributed by atoms with Gasteiger partial charge in [-0.05, 0) is 80.5 Å². The number of hydrogen-bond donors (Lipinski definition) is 0. The minimum atomic E-state index is 0.626. The molecule has 0 aliphatic carbocycles. The maximum Gasteiger partial charge on any atom is 0.0376 e. The summed E-state index contributed by atoms with van der Waals surface area (Å²) >= 11 is 2.02. The van der Waals surface area contributed by atoms with E-state index in [0.29, 0.717) is 5.25 Å². The van der Waals surface area contributed by atoms with Crippen molar-refractivity contribution in [1.29, 1.82) is 0 Å². The van der Waals surface area contributed by atoms with Gasteiger partial charge in [0.2, 0.25) is 0 Å². The first kappa shape index (κ1) is 32.8. The zero-order valence-corrected chi connectivity index (χ0v) is 25.5. The molecule has 1 heterocycles. The Morgan fingerprint density at radius 2 is 1.28 bits per heavy atom. The lowest BCUT2D eigenvalue weighted by Gasteiger charge is -2.20. The van der Waals surface area contributed by atoms with Crippen LogP contribution >= 0.6 is 11.8 Å². The molecule has 0 amide bonds. The van der Waals surface area contributed by atoms with Crippen LogP contribution in [0.15, 0.2) is 42.3 Å². The van der Waals surface area contributed by atoms with Gasteiger partial charge in [0, 0.05) is 5.25 Å². The molecule has 1 aromatic carbocycles. The van der Waals surface area contributed by atoms with Crippen molar-refractivity contribution in [3.05, 3.63) is 64.6 Å². The molecular weight excluding hydrogens is 452 g/mol. The van der Waals surface area contributed by atoms with E-state index in [-0.39, 0.29) is 0 Å². The average Bonchev–Trinajstić information content (AvgIpc) is 3.42. The van der Waals surface area contributed by atoms with E-state index in [0.717, 1.165) is 0 Å². The molecule has 1 aliphatic heterocycles. The fourth-order valence-electron chi connectivity index (χ4n) is 4.96. The van der Waals surface area contributed by atoms with Gasteiger partial charge in [-0.2, -0.15) is 0 Å². The molecule has 204 valence electrons. The minimum absolute atomic E-state index is 0.626. The highest BCUT2D eigenvalue weighted by molar-refractivity contribution is 8.02. The summed E-state index contributed by atoms with van der Waals surface area (Å²) in [6.07, 6.45) is 29.3. The van der Waals surface area contributed by atoms with E-state index < -0.39 is 0 Å². The third-order valence-corrected chi connectivity index (χ3v) is 8.42. The van der Waals surface area contributed by atoms with E-state index in [1.807, 2.05) is 37.8 Å². The first-order valence-electron chi connectivity index (χ1n) is 15.3. The van der Waals surface area contributed by atoms with Crippen LogP contribution < -0.4 is 0 Å². The lowest BCUT2D eigenvalue weighted by Crippen LogP contribution is -2.04. The molecule has 0 nitrogen and oxygen atoms in total. The van der Waals surface area contributed by atoms with Gasteiger partial charge in [0.15, 0.2) is 0 Å². The van der Waals surface area contributed by atoms with E-state index in [4.69, 9.17) is 0 Å². The van der Waals surface area contributed by atoms with Crippen molar-refractivity contribution in [3.8, 4) is 0 Å². The number of hydrogen-bond acceptors (Lipinski definition) is 1. The van der Waals surface area contributed by atoms with E-state index in [1.165, 1.54) is 120 Å². The van der Waals surface area contributed by atoms with Crippen LogP contribution in [0.1, 0.15) is 158 Å². The molecule has 0 fully saturated rings. The highest BCUT2D eigenvalue weighted by Gasteiger charge is 2.20. The number of aryl methyl sites for hydroxylation is 2. The van der Waals surface area contributed by atoms with E-state index in [1.54, 1.807) is 16.7 Å². The molecule has 0 aromatic heterocycles. The normalized spacial score (nSPS) is 14.9. The van der Waals surface area contributed by atoms with Crippen molar-refractivity contribution in [2.24, 2.45) is 0 Å². The number of thioether (sulfide) groups is 1. The SMILES string of the molecule is C/C=C\C.C=C(C)c1cc(CCCCCCCCC)c([C@@H]2CC=CS2)cc1CCCCCCCCC. The van der Waals surface area contributed by atoms with Crippen LogP contribution in [0.5, 0.6) is 0 Å². The molecule has 1 heteroatoms. The molecule has 0 bridgehead atoms. The fourth-order valence-corrected chi connectivity index (χ4v) is 5.96. The molecular formula is C35H58S. The van der Waals surface area contributed by atoms with Crippen molar-refractivity contribution in [3.63, 3.8) is 0 Å². The largest absolute Gasteiger partial charge is 0.126 e. The number of benzene rings is 1. The maximum atomic E-state index is 4.35. The molecule has 0 radical (unpaired) electrons. The van der Waals surface area contributed by atoms with E-state index >= 15 is 0 Å². The monoisotopic (exact) mass is 510 g/mol. The molecule has 0 saturated heterocycles. The highest BCUT2D eigenvalue weighted by Crippen LogP contribution is 2.42. The van der Waals surface area contributed by atoms with Gasteiger partial charge < -0.3 is 0 Å².